The first kappa shape index (κ1) is 92.1. The van der Waals surface area contributed by atoms with Gasteiger partial charge in [-0.15, -0.1) is 0 Å². The van der Waals surface area contributed by atoms with E-state index in [-0.39, 0.29) is 32.5 Å². The standard InChI is InChI=1S/C141H139NO2/c1-15-19-23-27-42-72-140(73-43-28-24-20-16-2)113-52-38-34-48-97(113)103-66-58-90(78-123(103)140)88-56-64-99-101-68-60-92(80-117(101)135(5,6)115(99)76-88)109-84-125-129(131-107-50-36-40-54-127(107)143-133(109)131)106-71-63-96(83-120(106)138(125,11)12)142(94-46-32-31-33-47-94)95-62-70-105-111-86-122-112(87-121(111)137(9,10)119(105)82-95)130-126(139(122,13)14)85-110(134-132(130)108-51-37-41-55-128(108)144-134)93-61-69-102-100-65-57-89(77-116(100)136(7,8)118(102)81-93)91-59-67-104-98-49-35-39-53-114(98)141(124(104)79-91,74-44-29-25-21-17-3)75-45-30-26-22-18-4/h31-41,46-71,76-87H,15-30,42-45,72-75H2,1-14H3. The molecule has 2 heterocycles. The van der Waals surface area contributed by atoms with Crippen molar-refractivity contribution in [3.63, 3.8) is 0 Å². The second-order valence-electron chi connectivity index (χ2n) is 47.0. The largest absolute Gasteiger partial charge is 0.455 e. The van der Waals surface area contributed by atoms with E-state index in [2.05, 4.69) is 399 Å². The Morgan fingerprint density at radius 2 is 0.472 bits per heavy atom. The van der Waals surface area contributed by atoms with E-state index < -0.39 is 5.41 Å². The Kier molecular flexibility index (Phi) is 22.5. The Morgan fingerprint density at radius 3 is 0.889 bits per heavy atom. The second-order valence-corrected chi connectivity index (χ2v) is 47.0. The van der Waals surface area contributed by atoms with Gasteiger partial charge in [0, 0.05) is 87.6 Å². The van der Waals surface area contributed by atoms with Crippen molar-refractivity contribution in [3.8, 4) is 122 Å². The number of rotatable bonds is 31. The Balaban J connectivity index is 0.527. The molecule has 0 saturated carbocycles. The van der Waals surface area contributed by atoms with Gasteiger partial charge in [0.15, 0.2) is 0 Å². The van der Waals surface area contributed by atoms with Crippen LogP contribution >= 0.6 is 0 Å². The lowest BCUT2D eigenvalue weighted by atomic mass is 9.70. The molecular formula is C141H139NO2. The number of benzene rings is 16. The van der Waals surface area contributed by atoms with Gasteiger partial charge in [0.25, 0.3) is 0 Å². The Labute approximate surface area is 855 Å². The lowest BCUT2D eigenvalue weighted by Crippen LogP contribution is -2.25. The van der Waals surface area contributed by atoms with E-state index in [1.54, 1.807) is 22.3 Å². The fourth-order valence-corrected chi connectivity index (χ4v) is 29.0. The van der Waals surface area contributed by atoms with Crippen molar-refractivity contribution in [2.75, 3.05) is 4.90 Å². The highest BCUT2D eigenvalue weighted by Crippen LogP contribution is 2.66. The van der Waals surface area contributed by atoms with Crippen LogP contribution < -0.4 is 4.90 Å². The zero-order valence-corrected chi connectivity index (χ0v) is 87.5. The lowest BCUT2D eigenvalue weighted by molar-refractivity contribution is 0.399. The predicted octanol–water partition coefficient (Wildman–Crippen LogP) is 41.1. The summed E-state index contributed by atoms with van der Waals surface area (Å²) in [5.74, 6) is 0. The third kappa shape index (κ3) is 14.1. The summed E-state index contributed by atoms with van der Waals surface area (Å²) in [6.45, 7) is 34.0. The van der Waals surface area contributed by atoms with Crippen molar-refractivity contribution in [3.05, 3.63) is 375 Å². The van der Waals surface area contributed by atoms with Crippen LogP contribution in [-0.4, -0.2) is 0 Å². The first-order valence-corrected chi connectivity index (χ1v) is 55.4. The summed E-state index contributed by atoms with van der Waals surface area (Å²) in [5, 5.41) is 4.71. The van der Waals surface area contributed by atoms with Gasteiger partial charge in [0.1, 0.15) is 22.3 Å². The van der Waals surface area contributed by atoms with Crippen molar-refractivity contribution in [1.82, 2.24) is 0 Å². The Morgan fingerprint density at radius 1 is 0.194 bits per heavy atom. The number of nitrogens with zero attached hydrogens (tertiary/aromatic N) is 1. The maximum absolute atomic E-state index is 7.35. The zero-order chi connectivity index (χ0) is 98.2. The van der Waals surface area contributed by atoms with E-state index in [4.69, 9.17) is 8.83 Å². The van der Waals surface area contributed by atoms with Gasteiger partial charge in [-0.1, -0.05) is 413 Å². The number of unbranched alkanes of at least 4 members (excludes halogenated alkanes) is 16. The molecule has 16 aromatic carbocycles. The maximum atomic E-state index is 7.35. The smallest absolute Gasteiger partial charge is 0.143 e. The van der Waals surface area contributed by atoms with E-state index in [9.17, 15) is 0 Å². The van der Waals surface area contributed by atoms with Crippen LogP contribution in [0.1, 0.15) is 329 Å². The predicted molar refractivity (Wildman–Crippen MR) is 611 cm³/mol. The highest BCUT2D eigenvalue weighted by Gasteiger charge is 2.50. The summed E-state index contributed by atoms with van der Waals surface area (Å²) in [4.78, 5) is 2.52. The average molecular weight is 1880 g/mol. The van der Waals surface area contributed by atoms with Crippen LogP contribution in [0, 0.1) is 0 Å². The third-order valence-electron chi connectivity index (χ3n) is 36.9. The Hall–Kier alpha value is -13.1. The monoisotopic (exact) mass is 1880 g/mol. The number of anilines is 3. The molecule has 7 aliphatic rings. The molecule has 3 heteroatoms. The summed E-state index contributed by atoms with van der Waals surface area (Å²) < 4.78 is 14.6. The fraction of sp³-hybridized carbons (Fsp3) is 0.319. The first-order valence-electron chi connectivity index (χ1n) is 55.4. The lowest BCUT2D eigenvalue weighted by Gasteiger charge is -2.33. The molecule has 0 N–H and O–H groups in total. The minimum absolute atomic E-state index is 0.0222. The van der Waals surface area contributed by atoms with Crippen LogP contribution in [0.4, 0.5) is 17.1 Å². The molecule has 0 atom stereocenters. The van der Waals surface area contributed by atoms with Gasteiger partial charge in [-0.3, -0.25) is 0 Å². The topological polar surface area (TPSA) is 29.5 Å². The van der Waals surface area contributed by atoms with Crippen LogP contribution in [-0.2, 0) is 37.9 Å². The van der Waals surface area contributed by atoms with E-state index in [0.717, 1.165) is 61.3 Å². The van der Waals surface area contributed by atoms with Crippen LogP contribution in [0.15, 0.2) is 306 Å². The summed E-state index contributed by atoms with van der Waals surface area (Å²) >= 11 is 0. The molecule has 0 unspecified atom stereocenters. The molecule has 7 aliphatic carbocycles. The molecule has 0 radical (unpaired) electrons. The van der Waals surface area contributed by atoms with Crippen molar-refractivity contribution < 1.29 is 8.83 Å². The van der Waals surface area contributed by atoms with Crippen molar-refractivity contribution >= 4 is 60.9 Å². The summed E-state index contributed by atoms with van der Waals surface area (Å²) in [6, 6.07) is 117. The van der Waals surface area contributed by atoms with Crippen molar-refractivity contribution in [1.29, 1.82) is 0 Å². The minimum Gasteiger partial charge on any atom is -0.455 e. The molecule has 25 rings (SSSR count). The molecule has 720 valence electrons. The molecule has 0 fully saturated rings. The first-order chi connectivity index (χ1) is 70.0. The molecule has 144 heavy (non-hydrogen) atoms. The molecule has 3 nitrogen and oxygen atoms in total. The number of hydrogen-bond acceptors (Lipinski definition) is 3. The van der Waals surface area contributed by atoms with E-state index >= 15 is 0 Å². The highest BCUT2D eigenvalue weighted by molar-refractivity contribution is 6.21. The normalized spacial score (nSPS) is 15.8. The zero-order valence-electron chi connectivity index (χ0n) is 87.5. The van der Waals surface area contributed by atoms with Crippen LogP contribution in [0.3, 0.4) is 0 Å². The van der Waals surface area contributed by atoms with E-state index in [1.165, 1.54) is 332 Å². The van der Waals surface area contributed by atoms with Crippen molar-refractivity contribution in [2.24, 2.45) is 0 Å². The van der Waals surface area contributed by atoms with Gasteiger partial charge in [-0.05, 0) is 324 Å². The maximum Gasteiger partial charge on any atom is 0.143 e. The van der Waals surface area contributed by atoms with Crippen LogP contribution in [0.2, 0.25) is 0 Å². The molecule has 0 aliphatic heterocycles. The molecule has 0 saturated heterocycles. The summed E-state index contributed by atoms with van der Waals surface area (Å²) in [7, 11) is 0. The molecule has 18 aromatic rings. The average Bonchev–Trinajstić information content (AvgIpc) is 1.54. The molecule has 0 spiro atoms. The highest BCUT2D eigenvalue weighted by atomic mass is 16.3. The van der Waals surface area contributed by atoms with Crippen LogP contribution in [0.5, 0.6) is 0 Å². The van der Waals surface area contributed by atoms with Crippen molar-refractivity contribution in [2.45, 2.75) is 289 Å². The molecule has 2 aromatic heterocycles. The number of para-hydroxylation sites is 3. The van der Waals surface area contributed by atoms with E-state index in [0.29, 0.717) is 0 Å². The van der Waals surface area contributed by atoms with Gasteiger partial charge >= 0.3 is 0 Å². The molecule has 0 bridgehead atoms. The number of hydrogen-bond donors (Lipinski definition) is 0. The second kappa shape index (κ2) is 35.1. The van der Waals surface area contributed by atoms with E-state index in [1.807, 2.05) is 0 Å². The number of fused-ring (bicyclic) bond motifs is 29. The molecular weight excluding hydrogens is 1740 g/mol. The summed E-state index contributed by atoms with van der Waals surface area (Å²) in [6.07, 6.45) is 30.8. The third-order valence-corrected chi connectivity index (χ3v) is 36.9. The SMILES string of the molecule is CCCCCCCC1(CCCCCCC)c2ccccc2-c2ccc(-c3ccc4c(c3)C(C)(C)c3cc(-c5cc6c(c7c5oc5ccccc57)-c5ccc(N(c7ccccc7)c7ccc8c(c7)C(C)(C)c7cc9c(cc7-8)C(C)(C)c7cc(-c8ccc%10c(c8)C(C)(C)c8cc(-c%11ccc%12c(c%11)C(CCCCCCC)(CCCCCCC)c%11ccccc%11-%12)ccc8-%10)c8oc%10ccccc%10c8c7-9)cc5C6(C)C)ccc3-4)cc21. The summed E-state index contributed by atoms with van der Waals surface area (Å²) in [5.41, 5.74) is 54.1. The molecule has 0 amide bonds. The fourth-order valence-electron chi connectivity index (χ4n) is 29.0. The van der Waals surface area contributed by atoms with Gasteiger partial charge in [0.2, 0.25) is 0 Å². The minimum atomic E-state index is -0.396. The van der Waals surface area contributed by atoms with Gasteiger partial charge < -0.3 is 13.7 Å². The van der Waals surface area contributed by atoms with Crippen LogP contribution in [0.25, 0.3) is 166 Å². The van der Waals surface area contributed by atoms with Gasteiger partial charge in [-0.2, -0.15) is 0 Å². The number of furan rings is 2. The van der Waals surface area contributed by atoms with Gasteiger partial charge in [-0.25, -0.2) is 0 Å². The Bertz CT molecular complexity index is 8210. The van der Waals surface area contributed by atoms with Gasteiger partial charge in [0.05, 0.1) is 0 Å². The quantitative estimate of drug-likeness (QED) is 0.0406.